The summed E-state index contributed by atoms with van der Waals surface area (Å²) in [6.45, 7) is 3.82. The van der Waals surface area contributed by atoms with Gasteiger partial charge in [-0.25, -0.2) is 4.79 Å². The number of hydrogen-bond acceptors (Lipinski definition) is 5. The minimum Gasteiger partial charge on any atom is -0.507 e. The molecule has 2 aromatic rings. The van der Waals surface area contributed by atoms with Gasteiger partial charge in [0.1, 0.15) is 23.7 Å². The number of aromatic hydroxyl groups is 1. The fourth-order valence-corrected chi connectivity index (χ4v) is 2.15. The molecule has 6 heteroatoms. The van der Waals surface area contributed by atoms with E-state index in [0.717, 1.165) is 11.3 Å². The van der Waals surface area contributed by atoms with Crippen molar-refractivity contribution in [2.45, 2.75) is 13.8 Å². The lowest BCUT2D eigenvalue weighted by Crippen LogP contribution is -2.32. The second-order valence-electron chi connectivity index (χ2n) is 5.56. The minimum atomic E-state index is -0.743. The third-order valence-corrected chi connectivity index (χ3v) is 3.47. The number of para-hydroxylation sites is 1. The summed E-state index contributed by atoms with van der Waals surface area (Å²) in [4.78, 5) is 23.6. The molecule has 0 fully saturated rings. The maximum absolute atomic E-state index is 11.9. The lowest BCUT2D eigenvalue weighted by molar-refractivity contribution is -0.124. The van der Waals surface area contributed by atoms with Gasteiger partial charge in [-0.05, 0) is 43.2 Å². The van der Waals surface area contributed by atoms with Crippen molar-refractivity contribution in [3.8, 4) is 11.5 Å². The van der Waals surface area contributed by atoms with Crippen molar-refractivity contribution in [1.82, 2.24) is 5.32 Å². The van der Waals surface area contributed by atoms with Gasteiger partial charge < -0.3 is 19.9 Å². The molecule has 0 aliphatic heterocycles. The van der Waals surface area contributed by atoms with Gasteiger partial charge in [0.25, 0.3) is 5.91 Å². The van der Waals surface area contributed by atoms with Gasteiger partial charge in [-0.2, -0.15) is 0 Å². The molecule has 2 N–H and O–H groups in total. The summed E-state index contributed by atoms with van der Waals surface area (Å²) in [7, 11) is 0. The molecule has 0 bridgehead atoms. The lowest BCUT2D eigenvalue weighted by Gasteiger charge is -2.09. The summed E-state index contributed by atoms with van der Waals surface area (Å²) in [6, 6.07) is 12.3. The van der Waals surface area contributed by atoms with Crippen molar-refractivity contribution in [3.63, 3.8) is 0 Å². The van der Waals surface area contributed by atoms with Gasteiger partial charge in [0, 0.05) is 0 Å². The Morgan fingerprint density at radius 1 is 1.12 bits per heavy atom. The number of aryl methyl sites for hydroxylation is 2. The Labute approximate surface area is 146 Å². The number of carbonyl (C=O) groups is 2. The van der Waals surface area contributed by atoms with Crippen LogP contribution in [0.4, 0.5) is 0 Å². The highest BCUT2D eigenvalue weighted by atomic mass is 16.5. The second-order valence-corrected chi connectivity index (χ2v) is 5.56. The molecular formula is C19H21NO5. The molecule has 0 spiro atoms. The fourth-order valence-electron chi connectivity index (χ4n) is 2.15. The van der Waals surface area contributed by atoms with Gasteiger partial charge >= 0.3 is 5.97 Å². The van der Waals surface area contributed by atoms with Gasteiger partial charge in [-0.15, -0.1) is 0 Å². The van der Waals surface area contributed by atoms with Crippen molar-refractivity contribution in [2.75, 3.05) is 19.8 Å². The minimum absolute atomic E-state index is 0.0376. The van der Waals surface area contributed by atoms with Crippen LogP contribution in [0.1, 0.15) is 21.5 Å². The van der Waals surface area contributed by atoms with E-state index in [1.807, 2.05) is 31.2 Å². The van der Waals surface area contributed by atoms with Crippen LogP contribution in [0.15, 0.2) is 42.5 Å². The maximum atomic E-state index is 11.9. The lowest BCUT2D eigenvalue weighted by atomic mass is 10.1. The molecule has 132 valence electrons. The number of nitrogens with one attached hydrogen (secondary N) is 1. The summed E-state index contributed by atoms with van der Waals surface area (Å²) < 4.78 is 10.4. The van der Waals surface area contributed by atoms with Crippen molar-refractivity contribution < 1.29 is 24.2 Å². The summed E-state index contributed by atoms with van der Waals surface area (Å²) in [5.41, 5.74) is 1.69. The van der Waals surface area contributed by atoms with Crippen LogP contribution in [0.2, 0.25) is 0 Å². The standard InChI is InChI=1S/C19H21NO5/c1-13-5-3-7-15(11-13)24-10-9-20-17(21)12-25-19(23)16-8-4-6-14(2)18(16)22/h3-8,11,22H,9-10,12H2,1-2H3,(H,20,21). The number of esters is 1. The van der Waals surface area contributed by atoms with Crippen LogP contribution in [-0.2, 0) is 9.53 Å². The molecule has 0 aliphatic rings. The molecule has 2 aromatic carbocycles. The molecule has 0 radical (unpaired) electrons. The Hall–Kier alpha value is -3.02. The molecule has 1 amide bonds. The van der Waals surface area contributed by atoms with Crippen LogP contribution in [-0.4, -0.2) is 36.7 Å². The predicted molar refractivity (Wildman–Crippen MR) is 92.8 cm³/mol. The monoisotopic (exact) mass is 343 g/mol. The zero-order chi connectivity index (χ0) is 18.2. The predicted octanol–water partition coefficient (Wildman–Crippen LogP) is 2.36. The van der Waals surface area contributed by atoms with E-state index in [-0.39, 0.29) is 11.3 Å². The van der Waals surface area contributed by atoms with Gasteiger partial charge in [0.15, 0.2) is 6.61 Å². The Bertz CT molecular complexity index is 757. The molecule has 0 heterocycles. The molecule has 25 heavy (non-hydrogen) atoms. The van der Waals surface area contributed by atoms with Crippen LogP contribution in [0.3, 0.4) is 0 Å². The van der Waals surface area contributed by atoms with E-state index in [9.17, 15) is 14.7 Å². The highest BCUT2D eigenvalue weighted by molar-refractivity contribution is 5.94. The van der Waals surface area contributed by atoms with E-state index < -0.39 is 18.5 Å². The number of phenols is 1. The van der Waals surface area contributed by atoms with Crippen molar-refractivity contribution in [1.29, 1.82) is 0 Å². The van der Waals surface area contributed by atoms with E-state index in [1.165, 1.54) is 6.07 Å². The van der Waals surface area contributed by atoms with Crippen LogP contribution >= 0.6 is 0 Å². The number of benzene rings is 2. The number of ether oxygens (including phenoxy) is 2. The van der Waals surface area contributed by atoms with Crippen molar-refractivity contribution in [2.24, 2.45) is 0 Å². The first-order chi connectivity index (χ1) is 12.0. The zero-order valence-electron chi connectivity index (χ0n) is 14.2. The Morgan fingerprint density at radius 2 is 1.88 bits per heavy atom. The van der Waals surface area contributed by atoms with E-state index in [0.29, 0.717) is 18.7 Å². The van der Waals surface area contributed by atoms with Crippen LogP contribution in [0.25, 0.3) is 0 Å². The number of carbonyl (C=O) groups excluding carboxylic acids is 2. The smallest absolute Gasteiger partial charge is 0.342 e. The highest BCUT2D eigenvalue weighted by Crippen LogP contribution is 2.21. The quantitative estimate of drug-likeness (QED) is 0.595. The first-order valence-corrected chi connectivity index (χ1v) is 7.89. The third-order valence-electron chi connectivity index (χ3n) is 3.47. The molecule has 0 saturated carbocycles. The Balaban J connectivity index is 1.70. The van der Waals surface area contributed by atoms with E-state index in [4.69, 9.17) is 9.47 Å². The molecule has 0 saturated heterocycles. The normalized spacial score (nSPS) is 10.2. The van der Waals surface area contributed by atoms with Gasteiger partial charge in [0.05, 0.1) is 6.54 Å². The molecule has 0 aromatic heterocycles. The van der Waals surface area contributed by atoms with Crippen LogP contribution in [0.5, 0.6) is 11.5 Å². The molecule has 0 unspecified atom stereocenters. The largest absolute Gasteiger partial charge is 0.507 e. The number of amides is 1. The van der Waals surface area contributed by atoms with Gasteiger partial charge in [-0.3, -0.25) is 4.79 Å². The average molecular weight is 343 g/mol. The number of rotatable bonds is 7. The summed E-state index contributed by atoms with van der Waals surface area (Å²) in [6.07, 6.45) is 0. The van der Waals surface area contributed by atoms with Gasteiger partial charge in [-0.1, -0.05) is 24.3 Å². The van der Waals surface area contributed by atoms with Crippen LogP contribution < -0.4 is 10.1 Å². The number of phenolic OH excluding ortho intramolecular Hbond substituents is 1. The molecule has 2 rings (SSSR count). The SMILES string of the molecule is Cc1cccc(OCCNC(=O)COC(=O)c2cccc(C)c2O)c1. The zero-order valence-corrected chi connectivity index (χ0v) is 14.2. The van der Waals surface area contributed by atoms with Crippen molar-refractivity contribution >= 4 is 11.9 Å². The Morgan fingerprint density at radius 3 is 2.64 bits per heavy atom. The third kappa shape index (κ3) is 5.53. The van der Waals surface area contributed by atoms with Crippen LogP contribution in [0, 0.1) is 13.8 Å². The van der Waals surface area contributed by atoms with E-state index in [1.54, 1.807) is 19.1 Å². The second kappa shape index (κ2) is 8.73. The number of hydrogen-bond donors (Lipinski definition) is 2. The molecule has 0 atom stereocenters. The molecule has 0 aliphatic carbocycles. The highest BCUT2D eigenvalue weighted by Gasteiger charge is 2.15. The van der Waals surface area contributed by atoms with Gasteiger partial charge in [0.2, 0.25) is 0 Å². The summed E-state index contributed by atoms with van der Waals surface area (Å²) in [5, 5.41) is 12.4. The summed E-state index contributed by atoms with van der Waals surface area (Å²) >= 11 is 0. The topological polar surface area (TPSA) is 84.9 Å². The average Bonchev–Trinajstić information content (AvgIpc) is 2.59. The molecule has 6 nitrogen and oxygen atoms in total. The van der Waals surface area contributed by atoms with E-state index in [2.05, 4.69) is 5.32 Å². The summed E-state index contributed by atoms with van der Waals surface area (Å²) in [5.74, 6) is -0.587. The molecular weight excluding hydrogens is 322 g/mol. The fraction of sp³-hybridized carbons (Fsp3) is 0.263. The van der Waals surface area contributed by atoms with Crippen molar-refractivity contribution in [3.05, 3.63) is 59.2 Å². The van der Waals surface area contributed by atoms with E-state index >= 15 is 0 Å². The maximum Gasteiger partial charge on any atom is 0.342 e. The Kier molecular flexibility index (Phi) is 6.39. The first-order valence-electron chi connectivity index (χ1n) is 7.89. The first kappa shape index (κ1) is 18.3.